The van der Waals surface area contributed by atoms with E-state index in [1.807, 2.05) is 0 Å². The van der Waals surface area contributed by atoms with Gasteiger partial charge in [-0.2, -0.15) is 0 Å². The average molecular weight is 267 g/mol. The molecule has 2 rings (SSSR count). The van der Waals surface area contributed by atoms with Gasteiger partial charge >= 0.3 is 0 Å². The minimum absolute atomic E-state index is 0.0682. The van der Waals surface area contributed by atoms with Crippen molar-refractivity contribution in [3.05, 3.63) is 0 Å². The molecular weight excluding hydrogens is 238 g/mol. The van der Waals surface area contributed by atoms with Gasteiger partial charge in [-0.25, -0.2) is 0 Å². The Morgan fingerprint density at radius 3 is 2.63 bits per heavy atom. The molecule has 2 saturated heterocycles. The summed E-state index contributed by atoms with van der Waals surface area (Å²) >= 11 is 0. The summed E-state index contributed by atoms with van der Waals surface area (Å²) in [6, 6.07) is 0.252. The van der Waals surface area contributed by atoms with Crippen LogP contribution in [0.3, 0.4) is 0 Å². The Labute approximate surface area is 117 Å². The number of hydrogen-bond acceptors (Lipinski definition) is 3. The molecule has 2 unspecified atom stereocenters. The lowest BCUT2D eigenvalue weighted by Crippen LogP contribution is -2.55. The first kappa shape index (κ1) is 14.8. The zero-order chi connectivity index (χ0) is 14.0. The Morgan fingerprint density at radius 1 is 1.32 bits per heavy atom. The van der Waals surface area contributed by atoms with Crippen LogP contribution < -0.4 is 5.73 Å². The molecule has 2 N–H and O–H groups in total. The SMILES string of the molecule is CN1CCC(CCC(=O)N2CCC(N)CC2(C)C)C1. The average Bonchev–Trinajstić information content (AvgIpc) is 2.70. The molecule has 2 heterocycles. The van der Waals surface area contributed by atoms with Crippen LogP contribution in [-0.4, -0.2) is 54.0 Å². The molecule has 2 aliphatic heterocycles. The van der Waals surface area contributed by atoms with Gasteiger partial charge in [0.25, 0.3) is 0 Å². The minimum Gasteiger partial charge on any atom is -0.337 e. The Morgan fingerprint density at radius 2 is 2.05 bits per heavy atom. The van der Waals surface area contributed by atoms with E-state index >= 15 is 0 Å². The van der Waals surface area contributed by atoms with E-state index < -0.39 is 0 Å². The zero-order valence-electron chi connectivity index (χ0n) is 12.7. The van der Waals surface area contributed by atoms with Crippen LogP contribution in [0.25, 0.3) is 0 Å². The number of nitrogens with zero attached hydrogens (tertiary/aromatic N) is 2. The smallest absolute Gasteiger partial charge is 0.223 e. The molecule has 0 aromatic carbocycles. The molecule has 0 saturated carbocycles. The van der Waals surface area contributed by atoms with Gasteiger partial charge in [0.2, 0.25) is 5.91 Å². The second kappa shape index (κ2) is 5.80. The molecule has 19 heavy (non-hydrogen) atoms. The number of carbonyl (C=O) groups is 1. The highest BCUT2D eigenvalue weighted by atomic mass is 16.2. The van der Waals surface area contributed by atoms with Crippen molar-refractivity contribution < 1.29 is 4.79 Å². The van der Waals surface area contributed by atoms with Gasteiger partial charge in [-0.15, -0.1) is 0 Å². The highest BCUT2D eigenvalue weighted by Gasteiger charge is 2.36. The fraction of sp³-hybridized carbons (Fsp3) is 0.933. The number of piperidine rings is 1. The summed E-state index contributed by atoms with van der Waals surface area (Å²) in [7, 11) is 2.16. The number of nitrogens with two attached hydrogens (primary N) is 1. The van der Waals surface area contributed by atoms with Crippen molar-refractivity contribution in [1.29, 1.82) is 0 Å². The van der Waals surface area contributed by atoms with Gasteiger partial charge in [-0.1, -0.05) is 0 Å². The van der Waals surface area contributed by atoms with E-state index in [1.165, 1.54) is 13.0 Å². The van der Waals surface area contributed by atoms with E-state index in [-0.39, 0.29) is 11.6 Å². The summed E-state index contributed by atoms with van der Waals surface area (Å²) in [5, 5.41) is 0. The second-order valence-electron chi connectivity index (χ2n) is 7.07. The normalized spacial score (nSPS) is 31.7. The lowest BCUT2D eigenvalue weighted by Gasteiger charge is -2.45. The Bertz CT molecular complexity index is 329. The summed E-state index contributed by atoms with van der Waals surface area (Å²) in [4.78, 5) is 16.9. The third-order valence-electron chi connectivity index (χ3n) is 4.77. The summed E-state index contributed by atoms with van der Waals surface area (Å²) < 4.78 is 0. The zero-order valence-corrected chi connectivity index (χ0v) is 12.7. The number of amides is 1. The van der Waals surface area contributed by atoms with E-state index in [2.05, 4.69) is 30.7 Å². The van der Waals surface area contributed by atoms with E-state index in [1.54, 1.807) is 0 Å². The number of likely N-dealkylation sites (tertiary alicyclic amines) is 2. The molecular formula is C15H29N3O. The van der Waals surface area contributed by atoms with E-state index in [0.29, 0.717) is 18.2 Å². The lowest BCUT2D eigenvalue weighted by atomic mass is 9.87. The maximum absolute atomic E-state index is 12.4. The highest BCUT2D eigenvalue weighted by molar-refractivity contribution is 5.77. The summed E-state index contributed by atoms with van der Waals surface area (Å²) in [5.74, 6) is 1.04. The Balaban J connectivity index is 1.82. The lowest BCUT2D eigenvalue weighted by molar-refractivity contribution is -0.139. The van der Waals surface area contributed by atoms with Gasteiger partial charge < -0.3 is 15.5 Å². The van der Waals surface area contributed by atoms with Crippen molar-refractivity contribution in [3.63, 3.8) is 0 Å². The summed E-state index contributed by atoms with van der Waals surface area (Å²) in [6.45, 7) is 7.46. The molecule has 0 aliphatic carbocycles. The van der Waals surface area contributed by atoms with Gasteiger partial charge in [0.1, 0.15) is 0 Å². The monoisotopic (exact) mass is 267 g/mol. The molecule has 110 valence electrons. The molecule has 4 nitrogen and oxygen atoms in total. The van der Waals surface area contributed by atoms with Crippen molar-refractivity contribution in [3.8, 4) is 0 Å². The molecule has 0 aromatic heterocycles. The molecule has 1 amide bonds. The van der Waals surface area contributed by atoms with Crippen LogP contribution in [0.5, 0.6) is 0 Å². The second-order valence-corrected chi connectivity index (χ2v) is 7.07. The fourth-order valence-corrected chi connectivity index (χ4v) is 3.64. The number of rotatable bonds is 3. The minimum atomic E-state index is -0.0682. The molecule has 0 radical (unpaired) electrons. The first-order chi connectivity index (χ1) is 8.88. The largest absolute Gasteiger partial charge is 0.337 e. The first-order valence-electron chi connectivity index (χ1n) is 7.63. The van der Waals surface area contributed by atoms with E-state index in [9.17, 15) is 4.79 Å². The van der Waals surface area contributed by atoms with E-state index in [4.69, 9.17) is 5.73 Å². The predicted molar refractivity (Wildman–Crippen MR) is 77.8 cm³/mol. The number of carbonyl (C=O) groups excluding carboxylic acids is 1. The highest BCUT2D eigenvalue weighted by Crippen LogP contribution is 2.28. The van der Waals surface area contributed by atoms with Gasteiger partial charge in [0.15, 0.2) is 0 Å². The van der Waals surface area contributed by atoms with Crippen LogP contribution >= 0.6 is 0 Å². The van der Waals surface area contributed by atoms with Gasteiger partial charge in [0.05, 0.1) is 0 Å². The van der Waals surface area contributed by atoms with Gasteiger partial charge in [0, 0.05) is 31.1 Å². The van der Waals surface area contributed by atoms with Crippen molar-refractivity contribution in [1.82, 2.24) is 9.80 Å². The first-order valence-corrected chi connectivity index (χ1v) is 7.63. The summed E-state index contributed by atoms with van der Waals surface area (Å²) in [5.41, 5.74) is 5.95. The number of hydrogen-bond donors (Lipinski definition) is 1. The molecule has 2 aliphatic rings. The maximum atomic E-state index is 12.4. The maximum Gasteiger partial charge on any atom is 0.223 e. The Kier molecular flexibility index (Phi) is 4.51. The topological polar surface area (TPSA) is 49.6 Å². The summed E-state index contributed by atoms with van der Waals surface area (Å²) in [6.07, 6.45) is 4.86. The van der Waals surface area contributed by atoms with Crippen molar-refractivity contribution in [2.24, 2.45) is 11.7 Å². The predicted octanol–water partition coefficient (Wildman–Crippen LogP) is 1.45. The fourth-order valence-electron chi connectivity index (χ4n) is 3.64. The van der Waals surface area contributed by atoms with Crippen molar-refractivity contribution >= 4 is 5.91 Å². The molecule has 2 atom stereocenters. The van der Waals surface area contributed by atoms with Crippen LogP contribution in [0.4, 0.5) is 0 Å². The quantitative estimate of drug-likeness (QED) is 0.842. The molecule has 0 spiro atoms. The molecule has 4 heteroatoms. The standard InChI is InChI=1S/C15H29N3O/c1-15(2)10-13(16)7-9-18(15)14(19)5-4-12-6-8-17(3)11-12/h12-13H,4-11,16H2,1-3H3. The third-order valence-corrected chi connectivity index (χ3v) is 4.77. The van der Waals surface area contributed by atoms with Crippen LogP contribution in [0.15, 0.2) is 0 Å². The van der Waals surface area contributed by atoms with Crippen LogP contribution in [0.1, 0.15) is 46.0 Å². The van der Waals surface area contributed by atoms with Crippen LogP contribution in [0.2, 0.25) is 0 Å². The molecule has 2 fully saturated rings. The van der Waals surface area contributed by atoms with E-state index in [0.717, 1.165) is 32.4 Å². The van der Waals surface area contributed by atoms with Gasteiger partial charge in [-0.3, -0.25) is 4.79 Å². The molecule has 0 bridgehead atoms. The molecule has 0 aromatic rings. The Hall–Kier alpha value is -0.610. The van der Waals surface area contributed by atoms with Crippen molar-refractivity contribution in [2.75, 3.05) is 26.7 Å². The van der Waals surface area contributed by atoms with Gasteiger partial charge in [-0.05, 0) is 59.0 Å². The van der Waals surface area contributed by atoms with Crippen LogP contribution in [0, 0.1) is 5.92 Å². The van der Waals surface area contributed by atoms with Crippen molar-refractivity contribution in [2.45, 2.75) is 57.5 Å². The van der Waals surface area contributed by atoms with Crippen LogP contribution in [-0.2, 0) is 4.79 Å². The third kappa shape index (κ3) is 3.69.